The highest BCUT2D eigenvalue weighted by atomic mass is 16.1. The Bertz CT molecular complexity index is 1720. The summed E-state index contributed by atoms with van der Waals surface area (Å²) in [5.74, 6) is 0.0295. The van der Waals surface area contributed by atoms with Crippen molar-refractivity contribution in [3.05, 3.63) is 104 Å². The van der Waals surface area contributed by atoms with E-state index in [2.05, 4.69) is 56.4 Å². The molecule has 0 saturated carbocycles. The number of ketones is 1. The third-order valence-electron chi connectivity index (χ3n) is 5.70. The first-order valence-electron chi connectivity index (χ1n) is 10.2. The first kappa shape index (κ1) is 17.6. The van der Waals surface area contributed by atoms with Gasteiger partial charge in [-0.1, -0.05) is 24.3 Å². The Morgan fingerprint density at radius 2 is 1.29 bits per heavy atom. The summed E-state index contributed by atoms with van der Waals surface area (Å²) in [6, 6.07) is 18.4. The fraction of sp³-hybridized carbons (Fsp3) is 0.0385. The van der Waals surface area contributed by atoms with Crippen LogP contribution in [0.25, 0.3) is 35.1 Å². The van der Waals surface area contributed by atoms with Gasteiger partial charge in [0.1, 0.15) is 0 Å². The van der Waals surface area contributed by atoms with Crippen LogP contribution in [0, 0.1) is 0 Å². The van der Waals surface area contributed by atoms with Crippen LogP contribution in [0.5, 0.6) is 0 Å². The van der Waals surface area contributed by atoms with Crippen molar-refractivity contribution >= 4 is 40.9 Å². The van der Waals surface area contributed by atoms with Crippen molar-refractivity contribution in [3.8, 4) is 0 Å². The number of nitrogens with one attached hydrogen (secondary N) is 4. The number of carbonyl (C=O) groups excluding carboxylic acids is 1. The van der Waals surface area contributed by atoms with Gasteiger partial charge in [-0.05, 0) is 61.6 Å². The summed E-state index contributed by atoms with van der Waals surface area (Å²) in [7, 11) is 0. The SMILES string of the molecule is CC(=O)c1cc2[nH]c1=Cc1[nH]c(c3ccccc13)C=c1ccc([nH]1)=Cc1ccc([nH]1)C=2. The summed E-state index contributed by atoms with van der Waals surface area (Å²) in [5.41, 5.74) is 4.63. The van der Waals surface area contributed by atoms with Crippen molar-refractivity contribution in [1.82, 2.24) is 19.9 Å². The molecule has 6 rings (SSSR count). The smallest absolute Gasteiger partial charge is 0.161 e. The molecule has 0 spiro atoms. The number of hydrogen-bond acceptors (Lipinski definition) is 1. The summed E-state index contributed by atoms with van der Waals surface area (Å²) in [5, 5.41) is 5.96. The van der Waals surface area contributed by atoms with Crippen LogP contribution in [-0.4, -0.2) is 25.7 Å². The third kappa shape index (κ3) is 3.07. The molecule has 8 bridgehead atoms. The Balaban J connectivity index is 1.74. The van der Waals surface area contributed by atoms with Crippen LogP contribution in [0.1, 0.15) is 40.1 Å². The highest BCUT2D eigenvalue weighted by molar-refractivity contribution is 5.97. The van der Waals surface area contributed by atoms with E-state index < -0.39 is 0 Å². The first-order chi connectivity index (χ1) is 15.1. The van der Waals surface area contributed by atoms with E-state index in [4.69, 9.17) is 0 Å². The minimum Gasteiger partial charge on any atom is -0.355 e. The largest absolute Gasteiger partial charge is 0.355 e. The number of Topliss-reactive ketones (excluding diaryl/α,β-unsaturated/α-hetero) is 1. The van der Waals surface area contributed by atoms with E-state index in [1.165, 1.54) is 0 Å². The molecular weight excluding hydrogens is 384 g/mol. The summed E-state index contributed by atoms with van der Waals surface area (Å²) in [6.07, 6.45) is 8.23. The normalized spacial score (nSPS) is 12.5. The van der Waals surface area contributed by atoms with Crippen LogP contribution >= 0.6 is 0 Å². The molecule has 4 N–H and O–H groups in total. The molecule has 5 heterocycles. The number of aromatic nitrogens is 4. The van der Waals surface area contributed by atoms with Crippen molar-refractivity contribution in [1.29, 1.82) is 0 Å². The van der Waals surface area contributed by atoms with Crippen molar-refractivity contribution < 1.29 is 4.79 Å². The number of benzene rings is 1. The van der Waals surface area contributed by atoms with Crippen LogP contribution < -0.4 is 21.4 Å². The van der Waals surface area contributed by atoms with Gasteiger partial charge in [-0.15, -0.1) is 0 Å². The topological polar surface area (TPSA) is 80.2 Å². The standard InChI is InChI=1S/C26H20N4O/c1-15(31)23-12-20-11-18-7-6-16(27-18)10-17-8-9-19(28-17)13-24-21-4-2-3-5-22(21)25(30-24)14-26(23)29-20/h2-14,27-30H,1H3. The lowest BCUT2D eigenvalue weighted by Crippen LogP contribution is -2.14. The Morgan fingerprint density at radius 3 is 2.00 bits per heavy atom. The zero-order valence-electron chi connectivity index (χ0n) is 16.9. The van der Waals surface area contributed by atoms with Crippen molar-refractivity contribution in [2.75, 3.05) is 0 Å². The van der Waals surface area contributed by atoms with Crippen LogP contribution in [0.2, 0.25) is 0 Å². The summed E-state index contributed by atoms with van der Waals surface area (Å²) in [4.78, 5) is 26.2. The van der Waals surface area contributed by atoms with Crippen LogP contribution in [0.3, 0.4) is 0 Å². The highest BCUT2D eigenvalue weighted by Crippen LogP contribution is 2.23. The van der Waals surface area contributed by atoms with Gasteiger partial charge in [0.25, 0.3) is 0 Å². The lowest BCUT2D eigenvalue weighted by Gasteiger charge is -1.92. The van der Waals surface area contributed by atoms with Crippen molar-refractivity contribution in [2.45, 2.75) is 6.92 Å². The molecule has 0 saturated heterocycles. The maximum Gasteiger partial charge on any atom is 0.161 e. The fourth-order valence-corrected chi connectivity index (χ4v) is 4.27. The van der Waals surface area contributed by atoms with E-state index in [1.807, 2.05) is 42.5 Å². The van der Waals surface area contributed by atoms with E-state index >= 15 is 0 Å². The average Bonchev–Trinajstić information content (AvgIpc) is 3.52. The van der Waals surface area contributed by atoms with Gasteiger partial charge in [0.05, 0.1) is 5.35 Å². The van der Waals surface area contributed by atoms with Crippen molar-refractivity contribution in [3.63, 3.8) is 0 Å². The van der Waals surface area contributed by atoms with Crippen LogP contribution in [-0.2, 0) is 0 Å². The van der Waals surface area contributed by atoms with Gasteiger partial charge in [-0.25, -0.2) is 0 Å². The van der Waals surface area contributed by atoms with Gasteiger partial charge < -0.3 is 19.9 Å². The van der Waals surface area contributed by atoms with Gasteiger partial charge in [0, 0.05) is 55.2 Å². The molecule has 31 heavy (non-hydrogen) atoms. The second-order valence-corrected chi connectivity index (χ2v) is 7.92. The summed E-state index contributed by atoms with van der Waals surface area (Å²) >= 11 is 0. The van der Waals surface area contributed by atoms with Gasteiger partial charge in [0.15, 0.2) is 5.78 Å². The quantitative estimate of drug-likeness (QED) is 0.311. The minimum atomic E-state index is 0.0295. The Hall–Kier alpha value is -4.25. The van der Waals surface area contributed by atoms with E-state index in [0.717, 1.165) is 54.9 Å². The predicted octanol–water partition coefficient (Wildman–Crippen LogP) is 1.98. The molecule has 5 aromatic rings. The summed E-state index contributed by atoms with van der Waals surface area (Å²) in [6.45, 7) is 1.60. The van der Waals surface area contributed by atoms with Crippen LogP contribution in [0.15, 0.2) is 54.6 Å². The van der Waals surface area contributed by atoms with E-state index in [0.29, 0.717) is 5.56 Å². The third-order valence-corrected chi connectivity index (χ3v) is 5.70. The van der Waals surface area contributed by atoms with E-state index in [9.17, 15) is 4.79 Å². The minimum absolute atomic E-state index is 0.0295. The number of aromatic amines is 4. The van der Waals surface area contributed by atoms with Gasteiger partial charge in [-0.3, -0.25) is 4.79 Å². The van der Waals surface area contributed by atoms with Gasteiger partial charge in [-0.2, -0.15) is 0 Å². The molecule has 150 valence electrons. The van der Waals surface area contributed by atoms with E-state index in [-0.39, 0.29) is 5.78 Å². The molecule has 0 fully saturated rings. The first-order valence-corrected chi connectivity index (χ1v) is 10.2. The van der Waals surface area contributed by atoms with Gasteiger partial charge in [0.2, 0.25) is 0 Å². The molecule has 4 aromatic heterocycles. The lowest BCUT2D eigenvalue weighted by atomic mass is 10.1. The average molecular weight is 404 g/mol. The molecule has 0 unspecified atom stereocenters. The van der Waals surface area contributed by atoms with Crippen LogP contribution in [0.4, 0.5) is 0 Å². The fourth-order valence-electron chi connectivity index (χ4n) is 4.27. The zero-order chi connectivity index (χ0) is 20.9. The Kier molecular flexibility index (Phi) is 3.77. The monoisotopic (exact) mass is 404 g/mol. The number of H-pyrrole nitrogens is 4. The lowest BCUT2D eigenvalue weighted by molar-refractivity contribution is 0.101. The maximum atomic E-state index is 12.3. The predicted molar refractivity (Wildman–Crippen MR) is 123 cm³/mol. The molecule has 1 aliphatic rings. The maximum absolute atomic E-state index is 12.3. The molecular formula is C26H20N4O. The molecule has 5 heteroatoms. The molecule has 0 aliphatic carbocycles. The number of fused-ring (bicyclic) bond motifs is 11. The number of carbonyl (C=O) groups is 1. The molecule has 1 aliphatic heterocycles. The molecule has 5 nitrogen and oxygen atoms in total. The Morgan fingerprint density at radius 1 is 0.645 bits per heavy atom. The molecule has 0 radical (unpaired) electrons. The zero-order valence-corrected chi connectivity index (χ0v) is 16.9. The van der Waals surface area contributed by atoms with Crippen molar-refractivity contribution in [2.24, 2.45) is 0 Å². The molecule has 0 amide bonds. The number of rotatable bonds is 1. The van der Waals surface area contributed by atoms with Gasteiger partial charge >= 0.3 is 0 Å². The Labute approximate surface area is 177 Å². The summed E-state index contributed by atoms with van der Waals surface area (Å²) < 4.78 is 0. The molecule has 1 aromatic carbocycles. The molecule has 0 atom stereocenters. The van der Waals surface area contributed by atoms with E-state index in [1.54, 1.807) is 6.92 Å². The highest BCUT2D eigenvalue weighted by Gasteiger charge is 2.09. The second-order valence-electron chi connectivity index (χ2n) is 7.92. The second kappa shape index (κ2) is 6.64. The number of hydrogen-bond donors (Lipinski definition) is 4.